The summed E-state index contributed by atoms with van der Waals surface area (Å²) in [5, 5.41) is 11.4. The number of aromatic nitrogens is 2. The smallest absolute Gasteiger partial charge is 0.319 e. The summed E-state index contributed by atoms with van der Waals surface area (Å²) in [6, 6.07) is 16.1. The Labute approximate surface area is 152 Å². The van der Waals surface area contributed by atoms with Gasteiger partial charge >= 0.3 is 6.03 Å². The van der Waals surface area contributed by atoms with Gasteiger partial charge < -0.3 is 15.4 Å². The number of amides is 2. The third kappa shape index (κ3) is 3.55. The molecule has 1 saturated carbocycles. The van der Waals surface area contributed by atoms with Gasteiger partial charge in [0.05, 0.1) is 24.9 Å². The van der Waals surface area contributed by atoms with Gasteiger partial charge in [-0.1, -0.05) is 30.3 Å². The zero-order chi connectivity index (χ0) is 17.9. The van der Waals surface area contributed by atoms with E-state index < -0.39 is 0 Å². The Morgan fingerprint density at radius 2 is 2.12 bits per heavy atom. The van der Waals surface area contributed by atoms with Crippen LogP contribution < -0.4 is 10.6 Å². The zero-order valence-corrected chi connectivity index (χ0v) is 14.7. The number of anilines is 1. The maximum absolute atomic E-state index is 12.3. The van der Waals surface area contributed by atoms with E-state index in [0.29, 0.717) is 19.1 Å². The number of ether oxygens (including phenoxy) is 1. The molecule has 0 radical (unpaired) electrons. The molecule has 2 aromatic carbocycles. The number of urea groups is 1. The lowest BCUT2D eigenvalue weighted by atomic mass is 10.1. The van der Waals surface area contributed by atoms with Gasteiger partial charge in [-0.3, -0.25) is 4.68 Å². The van der Waals surface area contributed by atoms with Crippen LogP contribution in [0.3, 0.4) is 0 Å². The van der Waals surface area contributed by atoms with Crippen molar-refractivity contribution in [3.63, 3.8) is 0 Å². The Hall–Kier alpha value is -2.86. The molecule has 1 heterocycles. The molecule has 1 aliphatic rings. The first-order chi connectivity index (χ1) is 12.7. The van der Waals surface area contributed by atoms with Crippen molar-refractivity contribution in [1.82, 2.24) is 15.1 Å². The molecule has 0 aliphatic heterocycles. The van der Waals surface area contributed by atoms with E-state index in [-0.39, 0.29) is 12.1 Å². The van der Waals surface area contributed by atoms with E-state index in [2.05, 4.69) is 27.9 Å². The summed E-state index contributed by atoms with van der Waals surface area (Å²) >= 11 is 0. The van der Waals surface area contributed by atoms with Crippen molar-refractivity contribution in [3.8, 4) is 0 Å². The van der Waals surface area contributed by atoms with E-state index in [0.717, 1.165) is 23.0 Å². The number of carbonyl (C=O) groups is 1. The third-order valence-corrected chi connectivity index (χ3v) is 4.74. The highest BCUT2D eigenvalue weighted by Gasteiger charge is 2.39. The van der Waals surface area contributed by atoms with Gasteiger partial charge in [-0.05, 0) is 30.2 Å². The molecule has 0 bridgehead atoms. The van der Waals surface area contributed by atoms with Crippen LogP contribution in [0.2, 0.25) is 0 Å². The molecule has 6 heteroatoms. The summed E-state index contributed by atoms with van der Waals surface area (Å²) in [6.07, 6.45) is 2.81. The minimum absolute atomic E-state index is 0.171. The monoisotopic (exact) mass is 350 g/mol. The van der Waals surface area contributed by atoms with Crippen molar-refractivity contribution in [3.05, 3.63) is 60.3 Å². The fourth-order valence-corrected chi connectivity index (χ4v) is 3.26. The minimum Gasteiger partial charge on any atom is -0.383 e. The highest BCUT2D eigenvalue weighted by molar-refractivity contribution is 5.92. The van der Waals surface area contributed by atoms with Crippen LogP contribution in [0, 0.1) is 0 Å². The number of hydrogen-bond acceptors (Lipinski definition) is 3. The molecular formula is C20H22N4O2. The SMILES string of the molecule is COCCn1ncc2ccc(NC(=O)N[C@H]3C[C@H]3c3ccccc3)cc21. The van der Waals surface area contributed by atoms with Gasteiger partial charge in [0, 0.05) is 30.1 Å². The van der Waals surface area contributed by atoms with E-state index in [1.165, 1.54) is 5.56 Å². The third-order valence-electron chi connectivity index (χ3n) is 4.74. The predicted octanol–water partition coefficient (Wildman–Crippen LogP) is 3.36. The topological polar surface area (TPSA) is 68.2 Å². The molecular weight excluding hydrogens is 328 g/mol. The molecule has 1 fully saturated rings. The number of fused-ring (bicyclic) bond motifs is 1. The molecule has 0 spiro atoms. The summed E-state index contributed by atoms with van der Waals surface area (Å²) in [5.74, 6) is 0.417. The number of nitrogens with one attached hydrogen (secondary N) is 2. The van der Waals surface area contributed by atoms with Gasteiger partial charge in [-0.25, -0.2) is 4.79 Å². The lowest BCUT2D eigenvalue weighted by Gasteiger charge is -2.09. The van der Waals surface area contributed by atoms with Gasteiger partial charge in [0.1, 0.15) is 0 Å². The van der Waals surface area contributed by atoms with Crippen molar-refractivity contribution in [2.24, 2.45) is 0 Å². The zero-order valence-electron chi connectivity index (χ0n) is 14.7. The first-order valence-electron chi connectivity index (χ1n) is 8.81. The van der Waals surface area contributed by atoms with Gasteiger partial charge in [-0.2, -0.15) is 5.10 Å². The molecule has 2 N–H and O–H groups in total. The molecule has 2 amide bonds. The summed E-state index contributed by atoms with van der Waals surface area (Å²) in [6.45, 7) is 1.27. The quantitative estimate of drug-likeness (QED) is 0.716. The normalized spacial score (nSPS) is 18.7. The van der Waals surface area contributed by atoms with Crippen LogP contribution >= 0.6 is 0 Å². The molecule has 134 valence electrons. The molecule has 3 aromatic rings. The number of nitrogens with zero attached hydrogens (tertiary/aromatic N) is 2. The van der Waals surface area contributed by atoms with Crippen molar-refractivity contribution >= 4 is 22.6 Å². The number of benzene rings is 2. The Bertz CT molecular complexity index is 907. The number of rotatable bonds is 6. The number of carbonyl (C=O) groups excluding carboxylic acids is 1. The second-order valence-corrected chi connectivity index (χ2v) is 6.59. The van der Waals surface area contributed by atoms with Crippen LogP contribution in [0.1, 0.15) is 17.9 Å². The van der Waals surface area contributed by atoms with Crippen LogP contribution in [-0.2, 0) is 11.3 Å². The maximum atomic E-state index is 12.3. The van der Waals surface area contributed by atoms with Crippen LogP contribution in [-0.4, -0.2) is 35.6 Å². The molecule has 4 rings (SSSR count). The van der Waals surface area contributed by atoms with Crippen LogP contribution in [0.4, 0.5) is 10.5 Å². The van der Waals surface area contributed by atoms with Gasteiger partial charge in [-0.15, -0.1) is 0 Å². The van der Waals surface area contributed by atoms with Crippen molar-refractivity contribution in [2.45, 2.75) is 24.9 Å². The minimum atomic E-state index is -0.171. The Morgan fingerprint density at radius 1 is 1.27 bits per heavy atom. The second kappa shape index (κ2) is 7.17. The fourth-order valence-electron chi connectivity index (χ4n) is 3.26. The molecule has 0 unspecified atom stereocenters. The number of methoxy groups -OCH3 is 1. The van der Waals surface area contributed by atoms with E-state index in [9.17, 15) is 4.79 Å². The molecule has 2 atom stereocenters. The van der Waals surface area contributed by atoms with Gasteiger partial charge in [0.15, 0.2) is 0 Å². The first kappa shape index (κ1) is 16.6. The van der Waals surface area contributed by atoms with Crippen molar-refractivity contribution in [1.29, 1.82) is 0 Å². The van der Waals surface area contributed by atoms with Crippen molar-refractivity contribution < 1.29 is 9.53 Å². The average Bonchev–Trinajstić information content (AvgIpc) is 3.31. The highest BCUT2D eigenvalue weighted by atomic mass is 16.5. The fraction of sp³-hybridized carbons (Fsp3) is 0.300. The van der Waals surface area contributed by atoms with E-state index in [1.54, 1.807) is 7.11 Å². The van der Waals surface area contributed by atoms with E-state index >= 15 is 0 Å². The summed E-state index contributed by atoms with van der Waals surface area (Å²) in [7, 11) is 1.67. The molecule has 6 nitrogen and oxygen atoms in total. The Morgan fingerprint density at radius 3 is 2.92 bits per heavy atom. The first-order valence-corrected chi connectivity index (χ1v) is 8.81. The largest absolute Gasteiger partial charge is 0.383 e. The van der Waals surface area contributed by atoms with E-state index in [1.807, 2.05) is 47.3 Å². The average molecular weight is 350 g/mol. The molecule has 0 saturated heterocycles. The predicted molar refractivity (Wildman–Crippen MR) is 101 cm³/mol. The van der Waals surface area contributed by atoms with Crippen LogP contribution in [0.15, 0.2) is 54.7 Å². The second-order valence-electron chi connectivity index (χ2n) is 6.59. The van der Waals surface area contributed by atoms with Crippen LogP contribution in [0.5, 0.6) is 0 Å². The summed E-state index contributed by atoms with van der Waals surface area (Å²) in [4.78, 5) is 12.3. The maximum Gasteiger partial charge on any atom is 0.319 e. The number of hydrogen-bond donors (Lipinski definition) is 2. The molecule has 26 heavy (non-hydrogen) atoms. The molecule has 1 aliphatic carbocycles. The Kier molecular flexibility index (Phi) is 4.58. The van der Waals surface area contributed by atoms with Crippen molar-refractivity contribution in [2.75, 3.05) is 19.0 Å². The highest BCUT2D eigenvalue weighted by Crippen LogP contribution is 2.40. The van der Waals surface area contributed by atoms with Gasteiger partial charge in [0.2, 0.25) is 0 Å². The lowest BCUT2D eigenvalue weighted by Crippen LogP contribution is -2.31. The lowest BCUT2D eigenvalue weighted by molar-refractivity contribution is 0.185. The summed E-state index contributed by atoms with van der Waals surface area (Å²) < 4.78 is 7.00. The summed E-state index contributed by atoms with van der Waals surface area (Å²) in [5.41, 5.74) is 3.01. The van der Waals surface area contributed by atoms with Crippen LogP contribution in [0.25, 0.3) is 10.9 Å². The molecule has 1 aromatic heterocycles. The Balaban J connectivity index is 1.38. The van der Waals surface area contributed by atoms with E-state index in [4.69, 9.17) is 4.74 Å². The van der Waals surface area contributed by atoms with Gasteiger partial charge in [0.25, 0.3) is 0 Å². The standard InChI is InChI=1S/C20H22N4O2/c1-26-10-9-24-19-11-16(8-7-15(19)13-21-24)22-20(25)23-18-12-17(18)14-5-3-2-4-6-14/h2-8,11,13,17-18H,9-10,12H2,1H3,(H2,22,23,25)/t17-,18-/m0/s1.